The Morgan fingerprint density at radius 1 is 1.29 bits per heavy atom. The van der Waals surface area contributed by atoms with Crippen molar-refractivity contribution < 1.29 is 9.26 Å². The van der Waals surface area contributed by atoms with Crippen molar-refractivity contribution in [1.29, 1.82) is 0 Å². The molecule has 0 atom stereocenters. The fourth-order valence-electron chi connectivity index (χ4n) is 1.31. The smallest absolute Gasteiger partial charge is 0.237 e. The number of aryl methyl sites for hydroxylation is 1. The van der Waals surface area contributed by atoms with Crippen LogP contribution in [0.4, 0.5) is 0 Å². The maximum atomic E-state index is 5.12. The Labute approximate surface area is 104 Å². The lowest BCUT2D eigenvalue weighted by Crippen LogP contribution is -1.84. The van der Waals surface area contributed by atoms with E-state index in [2.05, 4.69) is 10.1 Å². The van der Waals surface area contributed by atoms with Gasteiger partial charge in [0.25, 0.3) is 0 Å². The molecule has 0 spiro atoms. The van der Waals surface area contributed by atoms with Crippen LogP contribution >= 0.6 is 11.8 Å². The second-order valence-electron chi connectivity index (χ2n) is 3.42. The molecule has 0 amide bonds. The van der Waals surface area contributed by atoms with Crippen molar-refractivity contribution in [3.05, 3.63) is 36.0 Å². The van der Waals surface area contributed by atoms with Crippen molar-refractivity contribution in [2.24, 2.45) is 0 Å². The maximum Gasteiger partial charge on any atom is 0.237 e. The van der Waals surface area contributed by atoms with Gasteiger partial charge in [0.2, 0.25) is 5.89 Å². The molecule has 0 bridgehead atoms. The molecule has 0 saturated carbocycles. The van der Waals surface area contributed by atoms with Crippen molar-refractivity contribution in [3.8, 4) is 5.75 Å². The molecule has 1 aromatic carbocycles. The summed E-state index contributed by atoms with van der Waals surface area (Å²) in [6.45, 7) is 2.01. The van der Waals surface area contributed by atoms with E-state index in [1.807, 2.05) is 31.2 Å². The highest BCUT2D eigenvalue weighted by Gasteiger charge is 2.05. The minimum Gasteiger partial charge on any atom is -0.497 e. The Kier molecular flexibility index (Phi) is 4.03. The number of aromatic nitrogens is 2. The number of methoxy groups -OCH3 is 1. The summed E-state index contributed by atoms with van der Waals surface area (Å²) in [6.07, 6.45) is 0.802. The van der Waals surface area contributed by atoms with E-state index in [-0.39, 0.29) is 0 Å². The summed E-state index contributed by atoms with van der Waals surface area (Å²) in [5, 5.41) is 3.85. The lowest BCUT2D eigenvalue weighted by atomic mass is 10.3. The topological polar surface area (TPSA) is 48.2 Å². The average molecular weight is 250 g/mol. The van der Waals surface area contributed by atoms with Crippen molar-refractivity contribution in [1.82, 2.24) is 10.1 Å². The standard InChI is InChI=1S/C12H14N2O2S/c1-3-11-13-12(16-14-11)8-17-10-6-4-9(15-2)5-7-10/h4-7H,3,8H2,1-2H3. The zero-order chi connectivity index (χ0) is 12.1. The average Bonchev–Trinajstić information content (AvgIpc) is 2.85. The Balaban J connectivity index is 1.92. The Bertz CT molecular complexity index is 468. The summed E-state index contributed by atoms with van der Waals surface area (Å²) in [5.41, 5.74) is 0. The molecule has 1 aromatic heterocycles. The van der Waals surface area contributed by atoms with Gasteiger partial charge in [-0.25, -0.2) is 0 Å². The number of rotatable bonds is 5. The quantitative estimate of drug-likeness (QED) is 0.763. The second-order valence-corrected chi connectivity index (χ2v) is 4.47. The third-order valence-electron chi connectivity index (χ3n) is 2.25. The molecule has 0 aliphatic carbocycles. The van der Waals surface area contributed by atoms with Crippen LogP contribution in [0.1, 0.15) is 18.6 Å². The first-order valence-electron chi connectivity index (χ1n) is 5.40. The van der Waals surface area contributed by atoms with Gasteiger partial charge in [-0.2, -0.15) is 4.98 Å². The Morgan fingerprint density at radius 3 is 2.65 bits per heavy atom. The molecule has 0 fully saturated rings. The molecule has 0 aliphatic rings. The first-order valence-corrected chi connectivity index (χ1v) is 6.38. The van der Waals surface area contributed by atoms with Crippen LogP contribution in [-0.4, -0.2) is 17.3 Å². The summed E-state index contributed by atoms with van der Waals surface area (Å²) in [6, 6.07) is 7.91. The summed E-state index contributed by atoms with van der Waals surface area (Å²) in [4.78, 5) is 5.41. The normalized spacial score (nSPS) is 10.5. The van der Waals surface area contributed by atoms with Crippen molar-refractivity contribution in [2.45, 2.75) is 24.0 Å². The number of hydrogen-bond acceptors (Lipinski definition) is 5. The summed E-state index contributed by atoms with van der Waals surface area (Å²) >= 11 is 1.66. The van der Waals surface area contributed by atoms with Gasteiger partial charge in [-0.1, -0.05) is 12.1 Å². The highest BCUT2D eigenvalue weighted by Crippen LogP contribution is 2.24. The van der Waals surface area contributed by atoms with E-state index in [9.17, 15) is 0 Å². The van der Waals surface area contributed by atoms with Crippen LogP contribution < -0.4 is 4.74 Å². The van der Waals surface area contributed by atoms with Crippen LogP contribution in [-0.2, 0) is 12.2 Å². The van der Waals surface area contributed by atoms with Crippen molar-refractivity contribution in [3.63, 3.8) is 0 Å². The molecule has 1 heterocycles. The molecule has 2 rings (SSSR count). The second kappa shape index (κ2) is 5.72. The predicted octanol–water partition coefficient (Wildman–Crippen LogP) is 2.93. The summed E-state index contributed by atoms with van der Waals surface area (Å²) < 4.78 is 10.2. The van der Waals surface area contributed by atoms with Gasteiger partial charge in [0.05, 0.1) is 12.9 Å². The predicted molar refractivity (Wildman–Crippen MR) is 66.2 cm³/mol. The third kappa shape index (κ3) is 3.23. The summed E-state index contributed by atoms with van der Waals surface area (Å²) in [5.74, 6) is 2.98. The van der Waals surface area contributed by atoms with Crippen LogP contribution in [0.2, 0.25) is 0 Å². The lowest BCUT2D eigenvalue weighted by molar-refractivity contribution is 0.385. The molecule has 90 valence electrons. The highest BCUT2D eigenvalue weighted by atomic mass is 32.2. The zero-order valence-corrected chi connectivity index (χ0v) is 10.7. The van der Waals surface area contributed by atoms with Crippen molar-refractivity contribution in [2.75, 3.05) is 7.11 Å². The molecule has 0 aliphatic heterocycles. The SMILES string of the molecule is CCc1noc(CSc2ccc(OC)cc2)n1. The number of ether oxygens (including phenoxy) is 1. The molecule has 0 unspecified atom stereocenters. The number of thioether (sulfide) groups is 1. The molecule has 2 aromatic rings. The van der Waals surface area contributed by atoms with Gasteiger partial charge < -0.3 is 9.26 Å². The summed E-state index contributed by atoms with van der Waals surface area (Å²) in [7, 11) is 1.66. The monoisotopic (exact) mass is 250 g/mol. The number of nitrogens with zero attached hydrogens (tertiary/aromatic N) is 2. The number of hydrogen-bond donors (Lipinski definition) is 0. The minimum atomic E-state index is 0.669. The van der Waals surface area contributed by atoms with Gasteiger partial charge in [-0.3, -0.25) is 0 Å². The zero-order valence-electron chi connectivity index (χ0n) is 9.84. The Hall–Kier alpha value is -1.49. The fraction of sp³-hybridized carbons (Fsp3) is 0.333. The van der Waals surface area contributed by atoms with E-state index >= 15 is 0 Å². The maximum absolute atomic E-state index is 5.12. The van der Waals surface area contributed by atoms with Gasteiger partial charge in [0.1, 0.15) is 5.75 Å². The molecule has 4 nitrogen and oxygen atoms in total. The van der Waals surface area contributed by atoms with Gasteiger partial charge in [0.15, 0.2) is 5.82 Å². The van der Waals surface area contributed by atoms with E-state index in [1.54, 1.807) is 18.9 Å². The van der Waals surface area contributed by atoms with Crippen molar-refractivity contribution >= 4 is 11.8 Å². The fourth-order valence-corrected chi connectivity index (χ4v) is 2.05. The molecule has 17 heavy (non-hydrogen) atoms. The first kappa shape index (κ1) is 12.0. The highest BCUT2D eigenvalue weighted by molar-refractivity contribution is 7.98. The van der Waals surface area contributed by atoms with Gasteiger partial charge >= 0.3 is 0 Å². The Morgan fingerprint density at radius 2 is 2.06 bits per heavy atom. The molecule has 0 N–H and O–H groups in total. The number of benzene rings is 1. The molecule has 0 saturated heterocycles. The minimum absolute atomic E-state index is 0.669. The van der Waals surface area contributed by atoms with E-state index in [0.29, 0.717) is 11.6 Å². The van der Waals surface area contributed by atoms with Gasteiger partial charge in [-0.15, -0.1) is 11.8 Å². The molecule has 5 heteroatoms. The molecular formula is C12H14N2O2S. The molecular weight excluding hydrogens is 236 g/mol. The third-order valence-corrected chi connectivity index (χ3v) is 3.24. The van der Waals surface area contributed by atoms with Gasteiger partial charge in [-0.05, 0) is 24.3 Å². The van der Waals surface area contributed by atoms with Gasteiger partial charge in [0, 0.05) is 11.3 Å². The van der Waals surface area contributed by atoms with Crippen LogP contribution in [0.3, 0.4) is 0 Å². The molecule has 0 radical (unpaired) electrons. The van der Waals surface area contributed by atoms with Crippen LogP contribution in [0.5, 0.6) is 5.75 Å². The largest absolute Gasteiger partial charge is 0.497 e. The van der Waals surface area contributed by atoms with Crippen LogP contribution in [0.15, 0.2) is 33.7 Å². The van der Waals surface area contributed by atoms with E-state index in [4.69, 9.17) is 9.26 Å². The lowest BCUT2D eigenvalue weighted by Gasteiger charge is -2.01. The van der Waals surface area contributed by atoms with Crippen LogP contribution in [0, 0.1) is 0 Å². The van der Waals surface area contributed by atoms with E-state index < -0.39 is 0 Å². The van der Waals surface area contributed by atoms with E-state index in [1.165, 1.54) is 0 Å². The van der Waals surface area contributed by atoms with E-state index in [0.717, 1.165) is 22.9 Å². The van der Waals surface area contributed by atoms with Crippen LogP contribution in [0.25, 0.3) is 0 Å². The first-order chi connectivity index (χ1) is 8.31.